The van der Waals surface area contributed by atoms with Gasteiger partial charge in [0, 0.05) is 6.42 Å². The summed E-state index contributed by atoms with van der Waals surface area (Å²) in [5.74, 6) is 1.46. The second-order valence-corrected chi connectivity index (χ2v) is 4.03. The summed E-state index contributed by atoms with van der Waals surface area (Å²) in [7, 11) is 0. The van der Waals surface area contributed by atoms with Gasteiger partial charge < -0.3 is 4.74 Å². The molecule has 0 bridgehead atoms. The van der Waals surface area contributed by atoms with Crippen molar-refractivity contribution >= 4 is 5.78 Å². The van der Waals surface area contributed by atoms with Crippen LogP contribution in [0.5, 0.6) is 5.75 Å². The molecule has 16 heavy (non-hydrogen) atoms. The maximum Gasteiger partial charge on any atom is 0.170 e. The van der Waals surface area contributed by atoms with E-state index >= 15 is 0 Å². The first-order valence-electron chi connectivity index (χ1n) is 5.95. The predicted molar refractivity (Wildman–Crippen MR) is 65.6 cm³/mol. The predicted octanol–water partition coefficient (Wildman–Crippen LogP) is 3.46. The third-order valence-corrected chi connectivity index (χ3v) is 2.81. The summed E-state index contributed by atoms with van der Waals surface area (Å²) < 4.78 is 5.41. The van der Waals surface area contributed by atoms with Gasteiger partial charge in [-0.3, -0.25) is 4.79 Å². The zero-order valence-corrected chi connectivity index (χ0v) is 10.1. The summed E-state index contributed by atoms with van der Waals surface area (Å²) in [4.78, 5) is 11.6. The van der Waals surface area contributed by atoms with Crippen molar-refractivity contribution in [1.82, 2.24) is 0 Å². The van der Waals surface area contributed by atoms with Crippen LogP contribution in [0.25, 0.3) is 0 Å². The van der Waals surface area contributed by atoms with Crippen LogP contribution in [0.15, 0.2) is 30.3 Å². The molecule has 1 aromatic carbocycles. The van der Waals surface area contributed by atoms with Crippen molar-refractivity contribution in [1.29, 1.82) is 0 Å². The van der Waals surface area contributed by atoms with Crippen molar-refractivity contribution < 1.29 is 9.53 Å². The fourth-order valence-corrected chi connectivity index (χ4v) is 1.64. The Balaban J connectivity index is 2.30. The number of carbonyl (C=O) groups excluding carboxylic acids is 1. The maximum atomic E-state index is 11.6. The van der Waals surface area contributed by atoms with Crippen LogP contribution in [-0.2, 0) is 4.79 Å². The second-order valence-electron chi connectivity index (χ2n) is 4.03. The van der Waals surface area contributed by atoms with E-state index < -0.39 is 0 Å². The molecule has 2 nitrogen and oxygen atoms in total. The Bertz CT molecular complexity index is 302. The molecule has 0 atom stereocenters. The lowest BCUT2D eigenvalue weighted by Gasteiger charge is -2.11. The van der Waals surface area contributed by atoms with Gasteiger partial charge in [0.15, 0.2) is 5.78 Å². The Labute approximate surface area is 97.6 Å². The highest BCUT2D eigenvalue weighted by Gasteiger charge is 2.10. The number of Topliss-reactive ketones (excluding diaryl/α,β-unsaturated/α-hetero) is 1. The normalized spacial score (nSPS) is 10.4. The molecule has 0 amide bonds. The molecule has 0 aromatic heterocycles. The number of para-hydroxylation sites is 1. The number of benzene rings is 1. The van der Waals surface area contributed by atoms with Crippen LogP contribution in [0, 0.1) is 5.92 Å². The second kappa shape index (κ2) is 7.04. The Kier molecular flexibility index (Phi) is 5.62. The van der Waals surface area contributed by atoms with E-state index in [0.29, 0.717) is 12.3 Å². The number of ketones is 1. The van der Waals surface area contributed by atoms with Crippen LogP contribution in [-0.4, -0.2) is 12.4 Å². The average Bonchev–Trinajstić information content (AvgIpc) is 2.34. The van der Waals surface area contributed by atoms with Crippen molar-refractivity contribution in [3.05, 3.63) is 30.3 Å². The highest BCUT2D eigenvalue weighted by atomic mass is 16.5. The Morgan fingerprint density at radius 1 is 1.19 bits per heavy atom. The van der Waals surface area contributed by atoms with Gasteiger partial charge in [0.05, 0.1) is 0 Å². The standard InChI is InChI=1S/C14H20O2/c1-3-12(4-2)10-13(15)11-16-14-8-6-5-7-9-14/h5-9,12H,3-4,10-11H2,1-2H3. The van der Waals surface area contributed by atoms with Crippen LogP contribution in [0.4, 0.5) is 0 Å². The average molecular weight is 220 g/mol. The molecule has 0 unspecified atom stereocenters. The summed E-state index contributed by atoms with van der Waals surface area (Å²) in [6.45, 7) is 4.44. The van der Waals surface area contributed by atoms with Gasteiger partial charge in [-0.25, -0.2) is 0 Å². The molecular formula is C14H20O2. The fourth-order valence-electron chi connectivity index (χ4n) is 1.64. The summed E-state index contributed by atoms with van der Waals surface area (Å²) in [5, 5.41) is 0. The van der Waals surface area contributed by atoms with Gasteiger partial charge in [-0.2, -0.15) is 0 Å². The number of ether oxygens (including phenoxy) is 1. The number of hydrogen-bond acceptors (Lipinski definition) is 2. The first-order valence-corrected chi connectivity index (χ1v) is 5.95. The molecule has 2 heteroatoms. The molecule has 0 N–H and O–H groups in total. The smallest absolute Gasteiger partial charge is 0.170 e. The van der Waals surface area contributed by atoms with Gasteiger partial charge in [-0.1, -0.05) is 44.9 Å². The third-order valence-electron chi connectivity index (χ3n) is 2.81. The molecule has 0 fully saturated rings. The van der Waals surface area contributed by atoms with E-state index in [-0.39, 0.29) is 12.4 Å². The molecule has 0 aliphatic carbocycles. The molecule has 0 aliphatic heterocycles. The molecule has 0 saturated carbocycles. The first-order chi connectivity index (χ1) is 7.76. The van der Waals surface area contributed by atoms with E-state index in [2.05, 4.69) is 13.8 Å². The number of rotatable bonds is 7. The summed E-state index contributed by atoms with van der Waals surface area (Å²) >= 11 is 0. The lowest BCUT2D eigenvalue weighted by atomic mass is 9.97. The van der Waals surface area contributed by atoms with E-state index in [9.17, 15) is 4.79 Å². The molecular weight excluding hydrogens is 200 g/mol. The molecule has 0 heterocycles. The lowest BCUT2D eigenvalue weighted by Crippen LogP contribution is -2.15. The van der Waals surface area contributed by atoms with Crippen LogP contribution >= 0.6 is 0 Å². The minimum absolute atomic E-state index is 0.192. The largest absolute Gasteiger partial charge is 0.486 e. The van der Waals surface area contributed by atoms with Crippen molar-refractivity contribution in [2.75, 3.05) is 6.61 Å². The van der Waals surface area contributed by atoms with Crippen molar-refractivity contribution in [3.8, 4) is 5.75 Å². The monoisotopic (exact) mass is 220 g/mol. The maximum absolute atomic E-state index is 11.6. The highest BCUT2D eigenvalue weighted by molar-refractivity contribution is 5.80. The quantitative estimate of drug-likeness (QED) is 0.703. The molecule has 1 rings (SSSR count). The van der Waals surface area contributed by atoms with Crippen LogP contribution in [0.1, 0.15) is 33.1 Å². The van der Waals surface area contributed by atoms with Gasteiger partial charge in [-0.15, -0.1) is 0 Å². The van der Waals surface area contributed by atoms with Gasteiger partial charge in [0.1, 0.15) is 12.4 Å². The van der Waals surface area contributed by atoms with Crippen LogP contribution in [0.3, 0.4) is 0 Å². The summed E-state index contributed by atoms with van der Waals surface area (Å²) in [5.41, 5.74) is 0. The minimum atomic E-state index is 0.192. The van der Waals surface area contributed by atoms with E-state index in [1.165, 1.54) is 0 Å². The SMILES string of the molecule is CCC(CC)CC(=O)COc1ccccc1. The van der Waals surface area contributed by atoms with Gasteiger partial charge in [0.2, 0.25) is 0 Å². The topological polar surface area (TPSA) is 26.3 Å². The van der Waals surface area contributed by atoms with E-state index in [1.807, 2.05) is 30.3 Å². The Morgan fingerprint density at radius 2 is 1.81 bits per heavy atom. The van der Waals surface area contributed by atoms with E-state index in [1.54, 1.807) is 0 Å². The zero-order valence-electron chi connectivity index (χ0n) is 10.1. The van der Waals surface area contributed by atoms with Gasteiger partial charge >= 0.3 is 0 Å². The van der Waals surface area contributed by atoms with Crippen molar-refractivity contribution in [2.24, 2.45) is 5.92 Å². The number of hydrogen-bond donors (Lipinski definition) is 0. The zero-order chi connectivity index (χ0) is 11.8. The van der Waals surface area contributed by atoms with Gasteiger partial charge in [-0.05, 0) is 18.1 Å². The van der Waals surface area contributed by atoms with E-state index in [4.69, 9.17) is 4.74 Å². The lowest BCUT2D eigenvalue weighted by molar-refractivity contribution is -0.122. The fraction of sp³-hybridized carbons (Fsp3) is 0.500. The molecule has 0 saturated heterocycles. The molecule has 0 radical (unpaired) electrons. The molecule has 0 spiro atoms. The molecule has 88 valence electrons. The molecule has 1 aromatic rings. The summed E-state index contributed by atoms with van der Waals surface area (Å²) in [6, 6.07) is 9.47. The Hall–Kier alpha value is -1.31. The Morgan fingerprint density at radius 3 is 2.38 bits per heavy atom. The third kappa shape index (κ3) is 4.47. The molecule has 0 aliphatic rings. The first kappa shape index (κ1) is 12.8. The highest BCUT2D eigenvalue weighted by Crippen LogP contribution is 2.14. The van der Waals surface area contributed by atoms with E-state index in [0.717, 1.165) is 18.6 Å². The summed E-state index contributed by atoms with van der Waals surface area (Å²) in [6.07, 6.45) is 2.76. The van der Waals surface area contributed by atoms with Crippen LogP contribution in [0.2, 0.25) is 0 Å². The number of carbonyl (C=O) groups is 1. The van der Waals surface area contributed by atoms with Crippen molar-refractivity contribution in [2.45, 2.75) is 33.1 Å². The van der Waals surface area contributed by atoms with Gasteiger partial charge in [0.25, 0.3) is 0 Å². The van der Waals surface area contributed by atoms with Crippen molar-refractivity contribution in [3.63, 3.8) is 0 Å². The van der Waals surface area contributed by atoms with Crippen LogP contribution < -0.4 is 4.74 Å². The minimum Gasteiger partial charge on any atom is -0.486 e.